The van der Waals surface area contributed by atoms with E-state index >= 15 is 0 Å². The van der Waals surface area contributed by atoms with E-state index in [2.05, 4.69) is 18.2 Å². The second kappa shape index (κ2) is 9.54. The van der Waals surface area contributed by atoms with Crippen LogP contribution in [0.4, 0.5) is 4.79 Å². The molecule has 2 aromatic rings. The quantitative estimate of drug-likeness (QED) is 0.448. The van der Waals surface area contributed by atoms with Crippen LogP contribution in [0.3, 0.4) is 0 Å². The van der Waals surface area contributed by atoms with Crippen LogP contribution in [-0.4, -0.2) is 47.1 Å². The normalized spacial score (nSPS) is 30.3. The van der Waals surface area contributed by atoms with Crippen molar-refractivity contribution in [2.45, 2.75) is 56.9 Å². The average molecular weight is 543 g/mol. The topological polar surface area (TPSA) is 66.9 Å². The maximum Gasteiger partial charge on any atom is 0.294 e. The minimum Gasteiger partial charge on any atom is -0.496 e. The van der Waals surface area contributed by atoms with Crippen LogP contribution in [0.25, 0.3) is 6.08 Å². The van der Waals surface area contributed by atoms with E-state index < -0.39 is 11.1 Å². The highest BCUT2D eigenvalue weighted by Gasteiger charge is 2.51. The lowest BCUT2D eigenvalue weighted by atomic mass is 9.48. The number of rotatable bonds is 5. The highest BCUT2D eigenvalue weighted by molar-refractivity contribution is 8.18. The van der Waals surface area contributed by atoms with Gasteiger partial charge in [0.2, 0.25) is 5.91 Å². The van der Waals surface area contributed by atoms with Gasteiger partial charge >= 0.3 is 0 Å². The van der Waals surface area contributed by atoms with E-state index in [0.29, 0.717) is 23.7 Å². The Morgan fingerprint density at radius 3 is 2.41 bits per heavy atom. The molecule has 4 saturated carbocycles. The van der Waals surface area contributed by atoms with Crippen molar-refractivity contribution in [3.63, 3.8) is 0 Å². The van der Waals surface area contributed by atoms with E-state index in [0.717, 1.165) is 52.0 Å². The van der Waals surface area contributed by atoms with Crippen LogP contribution >= 0.6 is 11.8 Å². The van der Waals surface area contributed by atoms with Crippen molar-refractivity contribution in [1.82, 2.24) is 9.80 Å². The molecule has 202 valence electrons. The number of carbonyl (C=O) groups is 3. The van der Waals surface area contributed by atoms with Crippen molar-refractivity contribution in [3.8, 4) is 5.75 Å². The van der Waals surface area contributed by atoms with Gasteiger partial charge in [0.15, 0.2) is 0 Å². The van der Waals surface area contributed by atoms with Crippen molar-refractivity contribution < 1.29 is 19.1 Å². The van der Waals surface area contributed by atoms with Gasteiger partial charge in [0.1, 0.15) is 12.3 Å². The van der Waals surface area contributed by atoms with Gasteiger partial charge < -0.3 is 9.64 Å². The van der Waals surface area contributed by atoms with Gasteiger partial charge in [-0.2, -0.15) is 0 Å². The molecule has 8 rings (SSSR count). The van der Waals surface area contributed by atoms with Crippen molar-refractivity contribution in [1.29, 1.82) is 0 Å². The summed E-state index contributed by atoms with van der Waals surface area (Å²) in [4.78, 5) is 42.5. The third-order valence-corrected chi connectivity index (χ3v) is 10.7. The summed E-state index contributed by atoms with van der Waals surface area (Å²) < 4.78 is 5.67. The molecule has 6 nitrogen and oxygen atoms in total. The number of carbonyl (C=O) groups excluding carboxylic acids is 3. The number of fused-ring (bicyclic) bond motifs is 1. The predicted octanol–water partition coefficient (Wildman–Crippen LogP) is 5.78. The van der Waals surface area contributed by atoms with Gasteiger partial charge in [0.05, 0.1) is 12.0 Å². The number of hydrogen-bond acceptors (Lipinski definition) is 5. The average Bonchev–Trinajstić information content (AvgIpc) is 3.19. The maximum absolute atomic E-state index is 13.3. The van der Waals surface area contributed by atoms with Crippen LogP contribution < -0.4 is 4.74 Å². The van der Waals surface area contributed by atoms with Gasteiger partial charge in [-0.1, -0.05) is 30.3 Å². The molecule has 3 amide bonds. The van der Waals surface area contributed by atoms with Crippen LogP contribution in [0.15, 0.2) is 47.4 Å². The zero-order valence-corrected chi connectivity index (χ0v) is 23.2. The van der Waals surface area contributed by atoms with Crippen LogP contribution in [-0.2, 0) is 28.0 Å². The van der Waals surface area contributed by atoms with Gasteiger partial charge in [-0.15, -0.1) is 0 Å². The molecule has 2 aliphatic heterocycles. The number of methoxy groups -OCH3 is 1. The first-order valence-corrected chi connectivity index (χ1v) is 15.0. The minimum atomic E-state index is -0.405. The first-order chi connectivity index (χ1) is 18.9. The van der Waals surface area contributed by atoms with E-state index in [9.17, 15) is 14.4 Å². The summed E-state index contributed by atoms with van der Waals surface area (Å²) >= 11 is 0.911. The fourth-order valence-corrected chi connectivity index (χ4v) is 9.19. The lowest BCUT2D eigenvalue weighted by Crippen LogP contribution is -2.48. The zero-order chi connectivity index (χ0) is 26.7. The molecule has 7 heteroatoms. The molecule has 0 aromatic heterocycles. The van der Waals surface area contributed by atoms with E-state index in [-0.39, 0.29) is 17.9 Å². The lowest BCUT2D eigenvalue weighted by Gasteiger charge is -2.57. The summed E-state index contributed by atoms with van der Waals surface area (Å²) in [5, 5.41) is -0.395. The second-order valence-electron chi connectivity index (χ2n) is 12.3. The van der Waals surface area contributed by atoms with Crippen molar-refractivity contribution in [3.05, 3.63) is 69.6 Å². The summed E-state index contributed by atoms with van der Waals surface area (Å²) in [7, 11) is 1.64. The van der Waals surface area contributed by atoms with Crippen LogP contribution in [0.2, 0.25) is 0 Å². The first kappa shape index (κ1) is 24.9. The molecule has 1 saturated heterocycles. The monoisotopic (exact) mass is 542 g/mol. The Morgan fingerprint density at radius 2 is 1.72 bits per heavy atom. The highest BCUT2D eigenvalue weighted by Crippen LogP contribution is 2.61. The Morgan fingerprint density at radius 1 is 1.03 bits per heavy atom. The molecular weight excluding hydrogens is 508 g/mol. The summed E-state index contributed by atoms with van der Waals surface area (Å²) in [5.41, 5.74) is 4.77. The van der Waals surface area contributed by atoms with Gasteiger partial charge in [-0.25, -0.2) is 0 Å². The molecule has 0 N–H and O–H groups in total. The van der Waals surface area contributed by atoms with Gasteiger partial charge in [-0.05, 0) is 115 Å². The molecule has 4 aliphatic carbocycles. The van der Waals surface area contributed by atoms with Crippen molar-refractivity contribution in [2.75, 3.05) is 20.2 Å². The van der Waals surface area contributed by atoms with Gasteiger partial charge in [-0.3, -0.25) is 19.3 Å². The summed E-state index contributed by atoms with van der Waals surface area (Å²) in [6, 6.07) is 14.5. The predicted molar refractivity (Wildman–Crippen MR) is 151 cm³/mol. The lowest BCUT2D eigenvalue weighted by molar-refractivity contribution is -0.136. The standard InChI is InChI=1S/C32H34N2O4S/c1-38-27-7-6-26(32-15-20-10-21(16-32)12-22(11-20)17-32)13-25(27)14-28-30(36)34(31(37)39-28)19-29(35)33-9-8-23-4-2-3-5-24(23)18-33/h2-7,13-14,20-22H,8-12,15-19H2,1H3/b28-14+. The number of benzene rings is 2. The Balaban J connectivity index is 1.11. The Bertz CT molecular complexity index is 1360. The van der Waals surface area contributed by atoms with Crippen LogP contribution in [0.5, 0.6) is 5.75 Å². The Hall–Kier alpha value is -3.06. The molecule has 2 aromatic carbocycles. The fourth-order valence-electron chi connectivity index (χ4n) is 8.36. The van der Waals surface area contributed by atoms with E-state index in [1.807, 2.05) is 24.3 Å². The number of nitrogens with zero attached hydrogens (tertiary/aromatic N) is 2. The third kappa shape index (κ3) is 4.39. The highest BCUT2D eigenvalue weighted by atomic mass is 32.2. The molecule has 0 unspecified atom stereocenters. The summed E-state index contributed by atoms with van der Waals surface area (Å²) in [6.07, 6.45) is 10.5. The Kier molecular flexibility index (Phi) is 6.10. The SMILES string of the molecule is COc1ccc(C23CC4CC(CC(C4)C2)C3)cc1/C=C1/SC(=O)N(CC(=O)N2CCc3ccccc3C2)C1=O. The number of imide groups is 1. The first-order valence-electron chi connectivity index (χ1n) is 14.2. The molecule has 5 fully saturated rings. The minimum absolute atomic E-state index is 0.200. The summed E-state index contributed by atoms with van der Waals surface area (Å²) in [5.74, 6) is 2.60. The van der Waals surface area contributed by atoms with Crippen LogP contribution in [0.1, 0.15) is 60.8 Å². The van der Waals surface area contributed by atoms with Gasteiger partial charge in [0.25, 0.3) is 11.1 Å². The molecule has 0 atom stereocenters. The van der Waals surface area contributed by atoms with Crippen molar-refractivity contribution >= 4 is 34.9 Å². The van der Waals surface area contributed by atoms with Crippen molar-refractivity contribution in [2.24, 2.45) is 17.8 Å². The number of amides is 3. The number of thioether (sulfide) groups is 1. The van der Waals surface area contributed by atoms with E-state index in [1.54, 1.807) is 18.1 Å². The fraction of sp³-hybridized carbons (Fsp3) is 0.469. The Labute approximate surface area is 233 Å². The molecule has 0 spiro atoms. The molecule has 39 heavy (non-hydrogen) atoms. The van der Waals surface area contributed by atoms with E-state index in [4.69, 9.17) is 4.74 Å². The smallest absolute Gasteiger partial charge is 0.294 e. The zero-order valence-electron chi connectivity index (χ0n) is 22.4. The summed E-state index contributed by atoms with van der Waals surface area (Å²) in [6.45, 7) is 0.875. The molecule has 6 aliphatic rings. The van der Waals surface area contributed by atoms with E-state index in [1.165, 1.54) is 49.7 Å². The van der Waals surface area contributed by atoms with Crippen LogP contribution in [0, 0.1) is 17.8 Å². The molecule has 4 bridgehead atoms. The number of hydrogen-bond donors (Lipinski definition) is 0. The number of ether oxygens (including phenoxy) is 1. The largest absolute Gasteiger partial charge is 0.496 e. The molecular formula is C32H34N2O4S. The molecule has 2 heterocycles. The molecule has 0 radical (unpaired) electrons. The third-order valence-electron chi connectivity index (χ3n) is 9.82. The second-order valence-corrected chi connectivity index (χ2v) is 13.2. The van der Waals surface area contributed by atoms with Gasteiger partial charge in [0, 0.05) is 18.7 Å². The maximum atomic E-state index is 13.3.